The van der Waals surface area contributed by atoms with E-state index in [9.17, 15) is 4.79 Å². The molecule has 2 fully saturated rings. The van der Waals surface area contributed by atoms with Gasteiger partial charge in [0.2, 0.25) is 5.91 Å². The van der Waals surface area contributed by atoms with Crippen molar-refractivity contribution >= 4 is 16.9 Å². The lowest BCUT2D eigenvalue weighted by Crippen LogP contribution is -2.51. The van der Waals surface area contributed by atoms with Gasteiger partial charge in [0.15, 0.2) is 0 Å². The van der Waals surface area contributed by atoms with Gasteiger partial charge in [0, 0.05) is 25.0 Å². The number of benzene rings is 1. The van der Waals surface area contributed by atoms with Gasteiger partial charge in [0.05, 0.1) is 41.1 Å². The molecule has 6 nitrogen and oxygen atoms in total. The Bertz CT molecular complexity index is 1080. The van der Waals surface area contributed by atoms with Gasteiger partial charge in [-0.1, -0.05) is 20.8 Å². The van der Waals surface area contributed by atoms with Crippen LogP contribution in [0.15, 0.2) is 12.1 Å². The molecule has 32 heavy (non-hydrogen) atoms. The SMILES string of the molecule is Cc1cc2nc3c(nc2cc1C)C1(C(=O)NCCCN2CCOCC2)CCC3(C)C1(C)C. The molecule has 2 heterocycles. The lowest BCUT2D eigenvalue weighted by molar-refractivity contribution is -0.130. The maximum Gasteiger partial charge on any atom is 0.232 e. The first-order valence-electron chi connectivity index (χ1n) is 12.1. The molecule has 3 aliphatic rings. The molecule has 1 amide bonds. The predicted octanol–water partition coefficient (Wildman–Crippen LogP) is 3.41. The van der Waals surface area contributed by atoms with E-state index in [1.54, 1.807) is 0 Å². The number of morpholine rings is 1. The molecule has 1 saturated carbocycles. The fourth-order valence-electron chi connectivity index (χ4n) is 6.34. The van der Waals surface area contributed by atoms with E-state index >= 15 is 0 Å². The molecular weight excluding hydrogens is 400 g/mol. The summed E-state index contributed by atoms with van der Waals surface area (Å²) in [7, 11) is 0. The smallest absolute Gasteiger partial charge is 0.232 e. The minimum atomic E-state index is -0.615. The summed E-state index contributed by atoms with van der Waals surface area (Å²) < 4.78 is 5.43. The highest BCUT2D eigenvalue weighted by Crippen LogP contribution is 2.70. The van der Waals surface area contributed by atoms with Crippen molar-refractivity contribution in [2.45, 2.75) is 64.7 Å². The van der Waals surface area contributed by atoms with Gasteiger partial charge in [-0.3, -0.25) is 9.69 Å². The summed E-state index contributed by atoms with van der Waals surface area (Å²) >= 11 is 0. The second kappa shape index (κ2) is 7.49. The van der Waals surface area contributed by atoms with Crippen LogP contribution in [0.25, 0.3) is 11.0 Å². The number of nitrogens with zero attached hydrogens (tertiary/aromatic N) is 3. The molecule has 2 bridgehead atoms. The Balaban J connectivity index is 1.44. The Kier molecular flexibility index (Phi) is 5.10. The standard InChI is InChI=1S/C26H36N4O2/c1-17-15-19-20(16-18(17)2)29-22-21(28-19)25(5)7-8-26(22,24(25,3)4)23(31)27-9-6-10-30-11-13-32-14-12-30/h15-16H,6-14H2,1-5H3,(H,27,31). The maximum absolute atomic E-state index is 13.8. The molecule has 1 aromatic heterocycles. The van der Waals surface area contributed by atoms with Crippen LogP contribution in [0.1, 0.15) is 62.5 Å². The van der Waals surface area contributed by atoms with Crippen molar-refractivity contribution in [3.8, 4) is 0 Å². The van der Waals surface area contributed by atoms with Crippen molar-refractivity contribution in [2.75, 3.05) is 39.4 Å². The number of hydrogen-bond donors (Lipinski definition) is 1. The largest absolute Gasteiger partial charge is 0.379 e. The molecule has 2 unspecified atom stereocenters. The van der Waals surface area contributed by atoms with Gasteiger partial charge in [0.25, 0.3) is 0 Å². The van der Waals surface area contributed by atoms with Gasteiger partial charge in [-0.25, -0.2) is 9.97 Å². The molecule has 2 aliphatic carbocycles. The number of aromatic nitrogens is 2. The summed E-state index contributed by atoms with van der Waals surface area (Å²) in [5.74, 6) is 0.129. The third-order valence-electron chi connectivity index (χ3n) is 9.08. The van der Waals surface area contributed by atoms with Crippen LogP contribution in [0, 0.1) is 19.3 Å². The predicted molar refractivity (Wildman–Crippen MR) is 126 cm³/mol. The monoisotopic (exact) mass is 436 g/mol. The van der Waals surface area contributed by atoms with Crippen molar-refractivity contribution in [3.05, 3.63) is 34.6 Å². The third kappa shape index (κ3) is 2.88. The second-order valence-corrected chi connectivity index (χ2v) is 10.8. The van der Waals surface area contributed by atoms with E-state index in [1.807, 2.05) is 0 Å². The summed E-state index contributed by atoms with van der Waals surface area (Å²) in [6.07, 6.45) is 2.76. The number of carbonyl (C=O) groups excluding carboxylic acids is 1. The fraction of sp³-hybridized carbons (Fsp3) is 0.654. The molecule has 0 spiro atoms. The van der Waals surface area contributed by atoms with Crippen molar-refractivity contribution in [2.24, 2.45) is 5.41 Å². The molecular formula is C26H36N4O2. The molecule has 2 aromatic rings. The van der Waals surface area contributed by atoms with Gasteiger partial charge in [-0.05, 0) is 68.3 Å². The Morgan fingerprint density at radius 3 is 2.31 bits per heavy atom. The first kappa shape index (κ1) is 21.8. The summed E-state index contributed by atoms with van der Waals surface area (Å²) in [5, 5.41) is 3.30. The Morgan fingerprint density at radius 1 is 1.03 bits per heavy atom. The zero-order chi connectivity index (χ0) is 22.7. The summed E-state index contributed by atoms with van der Waals surface area (Å²) in [6, 6.07) is 4.26. The van der Waals surface area contributed by atoms with Crippen LogP contribution in [-0.2, 0) is 20.4 Å². The molecule has 1 aliphatic heterocycles. The van der Waals surface area contributed by atoms with Gasteiger partial charge in [-0.2, -0.15) is 0 Å². The highest BCUT2D eigenvalue weighted by atomic mass is 16.5. The van der Waals surface area contributed by atoms with Crippen molar-refractivity contribution in [1.29, 1.82) is 0 Å². The number of carbonyl (C=O) groups is 1. The van der Waals surface area contributed by atoms with E-state index in [4.69, 9.17) is 14.7 Å². The molecule has 1 saturated heterocycles. The second-order valence-electron chi connectivity index (χ2n) is 10.8. The van der Waals surface area contributed by atoms with Crippen molar-refractivity contribution in [1.82, 2.24) is 20.2 Å². The number of fused-ring (bicyclic) bond motifs is 6. The molecule has 0 radical (unpaired) electrons. The number of aryl methyl sites for hydroxylation is 2. The van der Waals surface area contributed by atoms with E-state index in [-0.39, 0.29) is 16.7 Å². The lowest BCUT2D eigenvalue weighted by Gasteiger charge is -2.39. The van der Waals surface area contributed by atoms with Gasteiger partial charge in [-0.15, -0.1) is 0 Å². The van der Waals surface area contributed by atoms with E-state index in [1.165, 1.54) is 11.1 Å². The number of amides is 1. The van der Waals surface area contributed by atoms with Gasteiger partial charge < -0.3 is 10.1 Å². The number of hydrogen-bond acceptors (Lipinski definition) is 5. The zero-order valence-electron chi connectivity index (χ0n) is 20.2. The average Bonchev–Trinajstić information content (AvgIpc) is 3.06. The third-order valence-corrected chi connectivity index (χ3v) is 9.08. The van der Waals surface area contributed by atoms with Gasteiger partial charge in [0.1, 0.15) is 0 Å². The fourth-order valence-corrected chi connectivity index (χ4v) is 6.34. The van der Waals surface area contributed by atoms with E-state index in [0.29, 0.717) is 6.54 Å². The van der Waals surface area contributed by atoms with Crippen LogP contribution in [0.2, 0.25) is 0 Å². The van der Waals surface area contributed by atoms with E-state index < -0.39 is 5.41 Å². The quantitative estimate of drug-likeness (QED) is 0.728. The minimum absolute atomic E-state index is 0.129. The van der Waals surface area contributed by atoms with E-state index in [0.717, 1.165) is 74.5 Å². The molecule has 6 heteroatoms. The lowest BCUT2D eigenvalue weighted by atomic mass is 9.63. The first-order chi connectivity index (χ1) is 15.2. The molecule has 1 aromatic carbocycles. The van der Waals surface area contributed by atoms with Crippen LogP contribution in [0.4, 0.5) is 0 Å². The van der Waals surface area contributed by atoms with Gasteiger partial charge >= 0.3 is 0 Å². The molecule has 2 atom stereocenters. The zero-order valence-corrected chi connectivity index (χ0v) is 20.2. The van der Waals surface area contributed by atoms with Crippen LogP contribution in [-0.4, -0.2) is 60.2 Å². The van der Waals surface area contributed by atoms with Crippen LogP contribution in [0.5, 0.6) is 0 Å². The maximum atomic E-state index is 13.8. The highest BCUT2D eigenvalue weighted by Gasteiger charge is 2.73. The topological polar surface area (TPSA) is 67.4 Å². The number of rotatable bonds is 5. The Labute approximate surface area is 191 Å². The Morgan fingerprint density at radius 2 is 1.66 bits per heavy atom. The van der Waals surface area contributed by atoms with Crippen LogP contribution in [0.3, 0.4) is 0 Å². The number of ether oxygens (including phenoxy) is 1. The van der Waals surface area contributed by atoms with E-state index in [2.05, 4.69) is 57.0 Å². The normalized spacial score (nSPS) is 28.8. The van der Waals surface area contributed by atoms with Crippen LogP contribution >= 0.6 is 0 Å². The summed E-state index contributed by atoms with van der Waals surface area (Å²) in [5.41, 5.74) is 5.23. The highest BCUT2D eigenvalue weighted by molar-refractivity contribution is 5.93. The first-order valence-corrected chi connectivity index (χ1v) is 12.1. The van der Waals surface area contributed by atoms with Crippen molar-refractivity contribution < 1.29 is 9.53 Å². The molecule has 172 valence electrons. The van der Waals surface area contributed by atoms with Crippen molar-refractivity contribution in [3.63, 3.8) is 0 Å². The molecule has 1 N–H and O–H groups in total. The summed E-state index contributed by atoms with van der Waals surface area (Å²) in [6.45, 7) is 16.3. The minimum Gasteiger partial charge on any atom is -0.379 e. The van der Waals surface area contributed by atoms with Crippen LogP contribution < -0.4 is 5.32 Å². The summed E-state index contributed by atoms with van der Waals surface area (Å²) in [4.78, 5) is 26.5. The number of nitrogens with one attached hydrogen (secondary N) is 1. The molecule has 5 rings (SSSR count). The average molecular weight is 437 g/mol. The Hall–Kier alpha value is -2.05.